The van der Waals surface area contributed by atoms with Gasteiger partial charge < -0.3 is 9.32 Å². The van der Waals surface area contributed by atoms with E-state index in [2.05, 4.69) is 108 Å². The maximum absolute atomic E-state index is 6.34. The van der Waals surface area contributed by atoms with Crippen LogP contribution in [0.1, 0.15) is 12.5 Å². The number of hydrogen-bond acceptors (Lipinski definition) is 4. The second kappa shape index (κ2) is 10.2. The maximum Gasteiger partial charge on any atom is 0.155 e. The van der Waals surface area contributed by atoms with Gasteiger partial charge in [0.1, 0.15) is 11.1 Å². The number of pyridine rings is 1. The van der Waals surface area contributed by atoms with Gasteiger partial charge >= 0.3 is 0 Å². The van der Waals surface area contributed by atoms with Gasteiger partial charge in [-0.25, -0.2) is 4.98 Å². The van der Waals surface area contributed by atoms with Crippen LogP contribution < -0.4 is 4.90 Å². The molecule has 4 nitrogen and oxygen atoms in total. The van der Waals surface area contributed by atoms with Gasteiger partial charge in [-0.15, -0.1) is 0 Å². The second-order valence-electron chi connectivity index (χ2n) is 9.99. The molecule has 0 saturated carbocycles. The Bertz CT molecular complexity index is 2070. The van der Waals surface area contributed by atoms with Crippen molar-refractivity contribution in [2.45, 2.75) is 6.92 Å². The minimum Gasteiger partial charge on any atom is -0.454 e. The molecular formula is C37H27N3O. The predicted octanol–water partition coefficient (Wildman–Crippen LogP) is 10.6. The van der Waals surface area contributed by atoms with E-state index in [0.717, 1.165) is 66.9 Å². The van der Waals surface area contributed by atoms with Crippen LogP contribution >= 0.6 is 0 Å². The summed E-state index contributed by atoms with van der Waals surface area (Å²) < 4.78 is 6.34. The largest absolute Gasteiger partial charge is 0.454 e. The van der Waals surface area contributed by atoms with Crippen LogP contribution in [-0.2, 0) is 0 Å². The molecule has 41 heavy (non-hydrogen) atoms. The predicted molar refractivity (Wildman–Crippen MR) is 173 cm³/mol. The number of nitrogens with zero attached hydrogens (tertiary/aromatic N) is 3. The number of hydrogen-bond donors (Lipinski definition) is 0. The lowest BCUT2D eigenvalue weighted by atomic mass is 10.0. The number of fused-ring (bicyclic) bond motifs is 4. The molecule has 5 aromatic carbocycles. The Morgan fingerprint density at radius 2 is 1.41 bits per heavy atom. The summed E-state index contributed by atoms with van der Waals surface area (Å²) in [4.78, 5) is 11.3. The molecule has 7 rings (SSSR count). The molecular weight excluding hydrogens is 502 g/mol. The van der Waals surface area contributed by atoms with Crippen LogP contribution in [0.15, 0.2) is 137 Å². The van der Waals surface area contributed by atoms with Crippen LogP contribution in [-0.4, -0.2) is 11.7 Å². The normalized spacial score (nSPS) is 11.5. The van der Waals surface area contributed by atoms with E-state index in [4.69, 9.17) is 9.40 Å². The molecule has 0 amide bonds. The summed E-state index contributed by atoms with van der Waals surface area (Å²) in [7, 11) is 0. The van der Waals surface area contributed by atoms with Crippen molar-refractivity contribution in [2.75, 3.05) is 4.90 Å². The standard InChI is InChI=1S/C37H27N3O/c1-3-9-26-14-15-29(21-34(26)38-2)25-16-18-31(19-17-25)40(30-12-5-4-6-13-30)32-23-36-37(39-24-32)33-20-27-10-7-8-11-28(27)22-35(33)41-36/h3-24H,2H2,1H3/b9-3-. The van der Waals surface area contributed by atoms with E-state index in [1.807, 2.05) is 49.5 Å². The first-order chi connectivity index (χ1) is 20.2. The topological polar surface area (TPSA) is 41.6 Å². The van der Waals surface area contributed by atoms with Gasteiger partial charge in [0.05, 0.1) is 17.6 Å². The SMILES string of the molecule is C=Nc1cc(-c2ccc(N(c3ccccc3)c3cnc4c(c3)oc3cc5ccccc5cc34)cc2)ccc1/C=C\C. The summed E-state index contributed by atoms with van der Waals surface area (Å²) in [5.74, 6) is 0. The van der Waals surface area contributed by atoms with Crippen LogP contribution in [0.25, 0.3) is 50.0 Å². The molecule has 0 spiro atoms. The molecule has 196 valence electrons. The fourth-order valence-electron chi connectivity index (χ4n) is 5.45. The van der Waals surface area contributed by atoms with Crippen LogP contribution in [0.2, 0.25) is 0 Å². The molecule has 0 saturated heterocycles. The third kappa shape index (κ3) is 4.46. The average molecular weight is 530 g/mol. The number of aliphatic imine (C=N–C) groups is 1. The Morgan fingerprint density at radius 1 is 0.707 bits per heavy atom. The van der Waals surface area contributed by atoms with Crippen molar-refractivity contribution in [3.05, 3.63) is 133 Å². The highest BCUT2D eigenvalue weighted by Gasteiger charge is 2.17. The number of allylic oxidation sites excluding steroid dienone is 1. The van der Waals surface area contributed by atoms with Crippen molar-refractivity contribution < 1.29 is 4.42 Å². The number of furan rings is 1. The van der Waals surface area contributed by atoms with Gasteiger partial charge in [-0.2, -0.15) is 0 Å². The minimum absolute atomic E-state index is 0.760. The van der Waals surface area contributed by atoms with Gasteiger partial charge in [-0.3, -0.25) is 4.99 Å². The first-order valence-corrected chi connectivity index (χ1v) is 13.6. The number of para-hydroxylation sites is 1. The third-order valence-corrected chi connectivity index (χ3v) is 7.44. The Morgan fingerprint density at radius 3 is 2.17 bits per heavy atom. The van der Waals surface area contributed by atoms with Crippen LogP contribution in [0.3, 0.4) is 0 Å². The van der Waals surface area contributed by atoms with Gasteiger partial charge in [0.2, 0.25) is 0 Å². The van der Waals surface area contributed by atoms with E-state index in [9.17, 15) is 0 Å². The number of anilines is 3. The number of aromatic nitrogens is 1. The van der Waals surface area contributed by atoms with Gasteiger partial charge in [0.25, 0.3) is 0 Å². The van der Waals surface area contributed by atoms with Gasteiger partial charge in [-0.1, -0.05) is 78.9 Å². The molecule has 0 bridgehead atoms. The molecule has 2 heterocycles. The minimum atomic E-state index is 0.760. The molecule has 0 radical (unpaired) electrons. The van der Waals surface area contributed by atoms with Crippen molar-refractivity contribution in [3.8, 4) is 11.1 Å². The highest BCUT2D eigenvalue weighted by Crippen LogP contribution is 2.39. The molecule has 0 aliphatic carbocycles. The van der Waals surface area contributed by atoms with Crippen LogP contribution in [0.4, 0.5) is 22.7 Å². The molecule has 0 atom stereocenters. The molecule has 7 aromatic rings. The van der Waals surface area contributed by atoms with E-state index < -0.39 is 0 Å². The highest BCUT2D eigenvalue weighted by molar-refractivity contribution is 6.08. The smallest absolute Gasteiger partial charge is 0.155 e. The van der Waals surface area contributed by atoms with Crippen molar-refractivity contribution >= 4 is 68.4 Å². The number of rotatable bonds is 6. The lowest BCUT2D eigenvalue weighted by Gasteiger charge is -2.25. The molecule has 0 aliphatic heterocycles. The Kier molecular flexibility index (Phi) is 6.14. The molecule has 0 fully saturated rings. The van der Waals surface area contributed by atoms with Crippen molar-refractivity contribution in [2.24, 2.45) is 4.99 Å². The van der Waals surface area contributed by atoms with Crippen LogP contribution in [0, 0.1) is 0 Å². The molecule has 2 aromatic heterocycles. The fourth-order valence-corrected chi connectivity index (χ4v) is 5.45. The zero-order valence-electron chi connectivity index (χ0n) is 22.7. The van der Waals surface area contributed by atoms with E-state index in [0.29, 0.717) is 0 Å². The zero-order chi connectivity index (χ0) is 27.8. The maximum atomic E-state index is 6.34. The zero-order valence-corrected chi connectivity index (χ0v) is 22.7. The second-order valence-corrected chi connectivity index (χ2v) is 9.99. The summed E-state index contributed by atoms with van der Waals surface area (Å²) in [6.07, 6.45) is 5.98. The quantitative estimate of drug-likeness (QED) is 0.201. The average Bonchev–Trinajstić information content (AvgIpc) is 3.38. The van der Waals surface area contributed by atoms with Crippen molar-refractivity contribution in [1.29, 1.82) is 0 Å². The van der Waals surface area contributed by atoms with Crippen molar-refractivity contribution in [3.63, 3.8) is 0 Å². The first-order valence-electron chi connectivity index (χ1n) is 13.6. The summed E-state index contributed by atoms with van der Waals surface area (Å²) in [5, 5.41) is 3.35. The molecule has 0 N–H and O–H groups in total. The Hall–Kier alpha value is -5.48. The monoisotopic (exact) mass is 529 g/mol. The summed E-state index contributed by atoms with van der Waals surface area (Å²) in [6, 6.07) is 39.8. The highest BCUT2D eigenvalue weighted by atomic mass is 16.3. The van der Waals surface area contributed by atoms with Crippen LogP contribution in [0.5, 0.6) is 0 Å². The van der Waals surface area contributed by atoms with E-state index in [1.165, 1.54) is 5.39 Å². The Balaban J connectivity index is 1.31. The summed E-state index contributed by atoms with van der Waals surface area (Å²) in [6.45, 7) is 5.76. The fraction of sp³-hybridized carbons (Fsp3) is 0.0270. The van der Waals surface area contributed by atoms with Gasteiger partial charge in [0.15, 0.2) is 5.58 Å². The van der Waals surface area contributed by atoms with Gasteiger partial charge in [-0.05, 0) is 83.6 Å². The lowest BCUT2D eigenvalue weighted by Crippen LogP contribution is -2.10. The summed E-state index contributed by atoms with van der Waals surface area (Å²) >= 11 is 0. The molecule has 0 unspecified atom stereocenters. The van der Waals surface area contributed by atoms with Gasteiger partial charge in [0, 0.05) is 22.8 Å². The van der Waals surface area contributed by atoms with E-state index in [1.54, 1.807) is 0 Å². The lowest BCUT2D eigenvalue weighted by molar-refractivity contribution is 0.668. The Labute approximate surface area is 238 Å². The molecule has 4 heteroatoms. The van der Waals surface area contributed by atoms with E-state index in [-0.39, 0.29) is 0 Å². The van der Waals surface area contributed by atoms with Crippen molar-refractivity contribution in [1.82, 2.24) is 4.98 Å². The number of benzene rings is 5. The summed E-state index contributed by atoms with van der Waals surface area (Å²) in [5.41, 5.74) is 9.58. The third-order valence-electron chi connectivity index (χ3n) is 7.44. The first kappa shape index (κ1) is 24.6. The van der Waals surface area contributed by atoms with E-state index >= 15 is 0 Å². The molecule has 0 aliphatic rings.